The van der Waals surface area contributed by atoms with Gasteiger partial charge in [0.2, 0.25) is 0 Å². The van der Waals surface area contributed by atoms with Crippen molar-refractivity contribution in [3.05, 3.63) is 488 Å². The lowest BCUT2D eigenvalue weighted by atomic mass is 9.90. The summed E-state index contributed by atoms with van der Waals surface area (Å²) in [6, 6.07) is 159. The quantitative estimate of drug-likeness (QED) is 0.0989. The third-order valence-electron chi connectivity index (χ3n) is 24.5. The maximum atomic E-state index is 5.02. The van der Waals surface area contributed by atoms with Crippen LogP contribution in [0.5, 0.6) is 0 Å². The second-order valence-electron chi connectivity index (χ2n) is 32.6. The van der Waals surface area contributed by atoms with Gasteiger partial charge in [-0.2, -0.15) is 0 Å². The van der Waals surface area contributed by atoms with E-state index in [1.807, 2.05) is 182 Å². The molecule has 21 aromatic rings. The predicted molar refractivity (Wildman–Crippen MR) is 526 cm³/mol. The monoisotopic (exact) mass is 1650 g/mol. The molecule has 0 N–H and O–H groups in total. The summed E-state index contributed by atoms with van der Waals surface area (Å²) in [7, 11) is 0. The largest absolute Gasteiger partial charge is 0.208 e. The normalized spacial score (nSPS) is 11.6. The minimum absolute atomic E-state index is 0.654. The molecule has 18 aromatic carbocycles. The Hall–Kier alpha value is -17.0. The Labute approximate surface area is 750 Å². The second kappa shape index (κ2) is 35.0. The summed E-state index contributed by atoms with van der Waals surface area (Å²) in [5.41, 5.74) is 39.1. The smallest absolute Gasteiger partial charge is 0.164 e. The van der Waals surface area contributed by atoms with E-state index in [9.17, 15) is 0 Å². The van der Waals surface area contributed by atoms with E-state index in [0.29, 0.717) is 52.4 Å². The average molecular weight is 1650 g/mol. The number of hydrogen-bond donors (Lipinski definition) is 0. The number of benzene rings is 18. The molecule has 3 aromatic heterocycles. The van der Waals surface area contributed by atoms with Gasteiger partial charge in [-0.05, 0) is 195 Å². The van der Waals surface area contributed by atoms with Crippen LogP contribution < -0.4 is 0 Å². The van der Waals surface area contributed by atoms with E-state index in [4.69, 9.17) is 44.9 Å². The second-order valence-corrected chi connectivity index (χ2v) is 32.6. The molecule has 9 heteroatoms. The lowest BCUT2D eigenvalue weighted by Gasteiger charge is -2.15. The number of rotatable bonds is 15. The van der Waals surface area contributed by atoms with Crippen molar-refractivity contribution in [2.45, 2.75) is 19.3 Å². The van der Waals surface area contributed by atoms with Crippen molar-refractivity contribution in [2.75, 3.05) is 0 Å². The first-order chi connectivity index (χ1) is 63.9. The van der Waals surface area contributed by atoms with Gasteiger partial charge in [-0.15, -0.1) is 0 Å². The lowest BCUT2D eigenvalue weighted by Crippen LogP contribution is -2.01. The Bertz CT molecular complexity index is 7530. The van der Waals surface area contributed by atoms with Gasteiger partial charge in [-0.1, -0.05) is 413 Å². The van der Waals surface area contributed by atoms with Crippen LogP contribution in [-0.4, -0.2) is 44.9 Å². The molecule has 606 valence electrons. The summed E-state index contributed by atoms with van der Waals surface area (Å²) in [6.45, 7) is 0. The van der Waals surface area contributed by atoms with Gasteiger partial charge >= 0.3 is 0 Å². The van der Waals surface area contributed by atoms with E-state index in [1.165, 1.54) is 128 Å². The molecule has 24 rings (SSSR count). The average Bonchev–Trinajstić information content (AvgIpc) is 1.59. The zero-order valence-electron chi connectivity index (χ0n) is 70.4. The Balaban J connectivity index is 0.000000115. The lowest BCUT2D eigenvalue weighted by molar-refractivity contribution is 1.07. The van der Waals surface area contributed by atoms with Crippen LogP contribution in [0.25, 0.3) is 203 Å². The SMILES string of the molecule is c1ccc(-c2ccc3c(c2)-c2cc(-c4ccccc4)cc(-c4cccc(-c5nc(-c6ccccc6)nc(-c6ccccc6)n5)c4)c2C3)cc1.c1ccc(-c2ccc3c(c2)-c2cccc(-c4nc(-c5ccccc5)nc(-c5ccccc5)n4)c2C3)cc1.c1ccc(-c2cccc(-c3ccc4c(c3)-c3cccc(-c5nc(-c6ccccc6)nc(-c6ccccc6)n5)c3C4)c2)cc1. The maximum Gasteiger partial charge on any atom is 0.164 e. The zero-order valence-corrected chi connectivity index (χ0v) is 70.4. The summed E-state index contributed by atoms with van der Waals surface area (Å²) in [6.07, 6.45) is 2.59. The van der Waals surface area contributed by atoms with Gasteiger partial charge in [-0.25, -0.2) is 44.9 Å². The molecule has 129 heavy (non-hydrogen) atoms. The molecule has 0 amide bonds. The maximum absolute atomic E-state index is 5.02. The number of fused-ring (bicyclic) bond motifs is 9. The fourth-order valence-electron chi connectivity index (χ4n) is 18.1. The van der Waals surface area contributed by atoms with E-state index < -0.39 is 0 Å². The van der Waals surface area contributed by atoms with Crippen molar-refractivity contribution in [1.82, 2.24) is 44.9 Å². The standard InChI is InChI=1S/C46H31N3.C40H27N3.C34H23N3/c1-5-14-31(15-6-1)35-24-25-37-28-42-41(29-39(30-43(42)40(37)27-35)32-16-7-2-8-17-32)36-22-13-23-38(26-36)46-48-44(33-18-9-3-10-19-33)47-45(49-46)34-20-11-4-12-21-34;1-4-12-27(13-5-1)30-18-10-19-31(24-30)32-22-23-33-26-37-34(36(33)25-32)20-11-21-35(37)40-42-38(28-14-6-2-7-15-28)41-39(43-40)29-16-8-3-9-17-29;1-4-11-23(12-5-1)26-19-20-27-22-31-28(30(27)21-26)17-10-18-29(31)34-36-32(24-13-6-2-7-14-24)35-33(37-34)25-15-8-3-9-16-25/h1-27,29-30H,28H2;1-25H,26H2;1-21H,22H2. The molecular weight excluding hydrogens is 1570 g/mol. The van der Waals surface area contributed by atoms with Crippen LogP contribution in [-0.2, 0) is 19.3 Å². The Morgan fingerprint density at radius 3 is 0.643 bits per heavy atom. The molecule has 3 aliphatic rings. The molecule has 0 aliphatic heterocycles. The first-order valence-electron chi connectivity index (χ1n) is 43.8. The highest BCUT2D eigenvalue weighted by molar-refractivity contribution is 5.94. The number of nitrogens with zero attached hydrogens (tertiary/aromatic N) is 9. The van der Waals surface area contributed by atoms with E-state index in [2.05, 4.69) is 273 Å². The molecule has 0 saturated carbocycles. The van der Waals surface area contributed by atoms with Crippen molar-refractivity contribution >= 4 is 0 Å². The van der Waals surface area contributed by atoms with E-state index >= 15 is 0 Å². The van der Waals surface area contributed by atoms with E-state index in [-0.39, 0.29) is 0 Å². The van der Waals surface area contributed by atoms with Gasteiger partial charge in [-0.3, -0.25) is 0 Å². The van der Waals surface area contributed by atoms with Crippen LogP contribution in [0.4, 0.5) is 0 Å². The molecule has 0 radical (unpaired) electrons. The third-order valence-corrected chi connectivity index (χ3v) is 24.5. The molecule has 0 saturated heterocycles. The summed E-state index contributed by atoms with van der Waals surface area (Å²) < 4.78 is 0. The van der Waals surface area contributed by atoms with Gasteiger partial charge < -0.3 is 0 Å². The van der Waals surface area contributed by atoms with Crippen LogP contribution in [0.15, 0.2) is 455 Å². The number of aromatic nitrogens is 9. The van der Waals surface area contributed by atoms with Gasteiger partial charge in [0.15, 0.2) is 52.4 Å². The highest BCUT2D eigenvalue weighted by Crippen LogP contribution is 2.49. The van der Waals surface area contributed by atoms with Gasteiger partial charge in [0.05, 0.1) is 0 Å². The molecule has 3 heterocycles. The third kappa shape index (κ3) is 16.1. The fraction of sp³-hybridized carbons (Fsp3) is 0.0250. The molecule has 0 bridgehead atoms. The Kier molecular flexibility index (Phi) is 21.1. The van der Waals surface area contributed by atoms with E-state index in [1.54, 1.807) is 0 Å². The van der Waals surface area contributed by atoms with Crippen molar-refractivity contribution in [3.63, 3.8) is 0 Å². The Morgan fingerprint density at radius 2 is 0.310 bits per heavy atom. The first-order valence-corrected chi connectivity index (χ1v) is 43.8. The summed E-state index contributed by atoms with van der Waals surface area (Å²) >= 11 is 0. The van der Waals surface area contributed by atoms with Crippen LogP contribution in [0.1, 0.15) is 33.4 Å². The van der Waals surface area contributed by atoms with Gasteiger partial charge in [0.1, 0.15) is 0 Å². The number of hydrogen-bond acceptors (Lipinski definition) is 9. The van der Waals surface area contributed by atoms with Crippen LogP contribution >= 0.6 is 0 Å². The van der Waals surface area contributed by atoms with Crippen LogP contribution in [0.2, 0.25) is 0 Å². The van der Waals surface area contributed by atoms with Crippen LogP contribution in [0.3, 0.4) is 0 Å². The molecule has 0 unspecified atom stereocenters. The minimum Gasteiger partial charge on any atom is -0.208 e. The summed E-state index contributed by atoms with van der Waals surface area (Å²) in [5.74, 6) is 6.11. The summed E-state index contributed by atoms with van der Waals surface area (Å²) in [5, 5.41) is 0. The molecule has 0 atom stereocenters. The highest BCUT2D eigenvalue weighted by atomic mass is 15.1. The van der Waals surface area contributed by atoms with Gasteiger partial charge in [0, 0.05) is 50.1 Å². The fourth-order valence-corrected chi connectivity index (χ4v) is 18.1. The van der Waals surface area contributed by atoms with E-state index in [0.717, 1.165) is 74.9 Å². The van der Waals surface area contributed by atoms with Gasteiger partial charge in [0.25, 0.3) is 0 Å². The van der Waals surface area contributed by atoms with Crippen molar-refractivity contribution in [2.24, 2.45) is 0 Å². The van der Waals surface area contributed by atoms with Crippen molar-refractivity contribution < 1.29 is 0 Å². The molecule has 0 fully saturated rings. The topological polar surface area (TPSA) is 116 Å². The van der Waals surface area contributed by atoms with Crippen molar-refractivity contribution in [1.29, 1.82) is 0 Å². The predicted octanol–water partition coefficient (Wildman–Crippen LogP) is 29.3. The molecule has 9 nitrogen and oxygen atoms in total. The van der Waals surface area contributed by atoms with Crippen molar-refractivity contribution in [3.8, 4) is 203 Å². The van der Waals surface area contributed by atoms with Crippen LogP contribution in [0, 0.1) is 0 Å². The molecular formula is C120H81N9. The molecule has 0 spiro atoms. The molecule has 3 aliphatic carbocycles. The zero-order chi connectivity index (χ0) is 85.8. The summed E-state index contributed by atoms with van der Waals surface area (Å²) in [4.78, 5) is 44.7. The minimum atomic E-state index is 0.654. The highest BCUT2D eigenvalue weighted by Gasteiger charge is 2.29. The first kappa shape index (κ1) is 78.0. The Morgan fingerprint density at radius 1 is 0.109 bits per heavy atom.